The molecular formula is C49H64N4O4S4. The summed E-state index contributed by atoms with van der Waals surface area (Å²) in [6.07, 6.45) is 2.24. The van der Waals surface area contributed by atoms with Gasteiger partial charge >= 0.3 is 0 Å². The molecule has 0 aliphatic rings. The third-order valence-corrected chi connectivity index (χ3v) is 15.0. The Hall–Kier alpha value is -3.84. The zero-order chi connectivity index (χ0) is 43.8. The lowest BCUT2D eigenvalue weighted by Gasteiger charge is -2.27. The van der Waals surface area contributed by atoms with Crippen LogP contribution in [0.3, 0.4) is 0 Å². The largest absolute Gasteiger partial charge is 0.354 e. The van der Waals surface area contributed by atoms with E-state index in [9.17, 15) is 19.2 Å². The van der Waals surface area contributed by atoms with Crippen molar-refractivity contribution in [3.63, 3.8) is 0 Å². The monoisotopic (exact) mass is 900 g/mol. The van der Waals surface area contributed by atoms with Gasteiger partial charge in [-0.2, -0.15) is 47.0 Å². The summed E-state index contributed by atoms with van der Waals surface area (Å²) in [5.74, 6) is 4.62. The molecule has 4 rings (SSSR count). The van der Waals surface area contributed by atoms with Crippen molar-refractivity contribution in [2.45, 2.75) is 82.1 Å². The Kier molecular flexibility index (Phi) is 22.3. The molecule has 0 saturated heterocycles. The van der Waals surface area contributed by atoms with E-state index in [1.165, 1.54) is 22.3 Å². The predicted octanol–water partition coefficient (Wildman–Crippen LogP) is 9.14. The van der Waals surface area contributed by atoms with Gasteiger partial charge in [-0.1, -0.05) is 149 Å². The number of unbranched alkanes of at least 4 members (excludes halogenated alkanes) is 2. The Morgan fingerprint density at radius 2 is 0.738 bits per heavy atom. The molecule has 8 nitrogen and oxygen atoms in total. The number of nitrogens with one attached hydrogen (secondary N) is 4. The molecule has 4 aromatic rings. The number of carbonyl (C=O) groups excluding carboxylic acids is 4. The molecular weight excluding hydrogens is 837 g/mol. The Balaban J connectivity index is 1.22. The van der Waals surface area contributed by atoms with Gasteiger partial charge in [0.05, 0.1) is 10.8 Å². The highest BCUT2D eigenvalue weighted by Gasteiger charge is 2.33. The first-order chi connectivity index (χ1) is 29.4. The molecule has 61 heavy (non-hydrogen) atoms. The molecule has 0 bridgehead atoms. The van der Waals surface area contributed by atoms with Gasteiger partial charge in [0.15, 0.2) is 0 Å². The van der Waals surface area contributed by atoms with Crippen molar-refractivity contribution in [1.82, 2.24) is 21.3 Å². The number of thioether (sulfide) groups is 4. The first kappa shape index (κ1) is 49.8. The van der Waals surface area contributed by atoms with Crippen LogP contribution in [0.25, 0.3) is 0 Å². The van der Waals surface area contributed by atoms with Crippen LogP contribution in [0, 0.1) is 10.8 Å². The number of carbonyl (C=O) groups is 4. The van der Waals surface area contributed by atoms with E-state index in [1.807, 2.05) is 100 Å². The zero-order valence-electron chi connectivity index (χ0n) is 36.2. The Morgan fingerprint density at radius 1 is 0.443 bits per heavy atom. The van der Waals surface area contributed by atoms with E-state index >= 15 is 0 Å². The number of hydrogen-bond donors (Lipinski definition) is 4. The van der Waals surface area contributed by atoms with Crippen LogP contribution >= 0.6 is 47.0 Å². The summed E-state index contributed by atoms with van der Waals surface area (Å²) in [5, 5.41) is 12.3. The van der Waals surface area contributed by atoms with Crippen molar-refractivity contribution >= 4 is 70.7 Å². The predicted molar refractivity (Wildman–Crippen MR) is 262 cm³/mol. The molecule has 4 aromatic carbocycles. The van der Waals surface area contributed by atoms with Gasteiger partial charge in [0.1, 0.15) is 12.1 Å². The van der Waals surface area contributed by atoms with Gasteiger partial charge in [-0.15, -0.1) is 0 Å². The molecule has 12 heteroatoms. The van der Waals surface area contributed by atoms with Crippen molar-refractivity contribution in [2.75, 3.05) is 36.1 Å². The molecule has 4 amide bonds. The number of hydrogen-bond acceptors (Lipinski definition) is 8. The topological polar surface area (TPSA) is 116 Å². The van der Waals surface area contributed by atoms with Crippen LogP contribution in [0.2, 0.25) is 0 Å². The fraction of sp³-hybridized carbons (Fsp3) is 0.429. The standard InChI is InChI=1S/C49H64N4O4S4/c1-48(2,36-60-32-40-24-14-7-15-25-40)46(56)52-42(34-58-30-38-20-10-5-11-21-38)44(54)50-28-18-9-19-29-51-45(55)43(35-59-31-39-22-12-6-13-23-39)53-47(57)49(3,4)37-61-33-41-26-16-8-17-27-41/h5-8,10-17,20-27,42-43H,9,18-19,28-37H2,1-4H3,(H,50,54)(H,51,55)(H,52,56)(H,53,57)/t42-,43-/m0/s1. The molecule has 0 radical (unpaired) electrons. The van der Waals surface area contributed by atoms with Crippen LogP contribution in [0.4, 0.5) is 0 Å². The van der Waals surface area contributed by atoms with E-state index in [-0.39, 0.29) is 23.6 Å². The molecule has 328 valence electrons. The van der Waals surface area contributed by atoms with Crippen molar-refractivity contribution in [2.24, 2.45) is 10.8 Å². The zero-order valence-corrected chi connectivity index (χ0v) is 39.4. The summed E-state index contributed by atoms with van der Waals surface area (Å²) in [6.45, 7) is 8.65. The normalized spacial score (nSPS) is 12.5. The van der Waals surface area contributed by atoms with Crippen molar-refractivity contribution in [1.29, 1.82) is 0 Å². The van der Waals surface area contributed by atoms with Crippen LogP contribution in [0.5, 0.6) is 0 Å². The van der Waals surface area contributed by atoms with Gasteiger partial charge < -0.3 is 21.3 Å². The van der Waals surface area contributed by atoms with Crippen molar-refractivity contribution < 1.29 is 19.2 Å². The molecule has 0 aliphatic heterocycles. The second-order valence-electron chi connectivity index (χ2n) is 16.4. The van der Waals surface area contributed by atoms with Crippen LogP contribution in [0.15, 0.2) is 121 Å². The van der Waals surface area contributed by atoms with E-state index in [1.54, 1.807) is 47.0 Å². The van der Waals surface area contributed by atoms with E-state index in [4.69, 9.17) is 0 Å². The molecule has 4 N–H and O–H groups in total. The lowest BCUT2D eigenvalue weighted by Crippen LogP contribution is -2.52. The average Bonchev–Trinajstić information content (AvgIpc) is 3.26. The third kappa shape index (κ3) is 19.4. The molecule has 0 fully saturated rings. The minimum absolute atomic E-state index is 0.136. The van der Waals surface area contributed by atoms with Gasteiger partial charge in [-0.05, 0) is 41.5 Å². The summed E-state index contributed by atoms with van der Waals surface area (Å²) < 4.78 is 0. The highest BCUT2D eigenvalue weighted by Crippen LogP contribution is 2.27. The summed E-state index contributed by atoms with van der Waals surface area (Å²) in [6, 6.07) is 39.3. The molecule has 0 unspecified atom stereocenters. The van der Waals surface area contributed by atoms with Crippen molar-refractivity contribution in [3.05, 3.63) is 144 Å². The lowest BCUT2D eigenvalue weighted by atomic mass is 9.95. The SMILES string of the molecule is CC(C)(CSCc1ccccc1)C(=O)N[C@@H](CSCc1ccccc1)C(=O)NCCCCCNC(=O)[C@H](CSCc1ccccc1)NC(=O)C(C)(C)CSCc1ccccc1. The van der Waals surface area contributed by atoms with E-state index in [0.29, 0.717) is 36.1 Å². The molecule has 0 spiro atoms. The Labute approximate surface area is 381 Å². The van der Waals surface area contributed by atoms with Gasteiger partial charge in [-0.25, -0.2) is 0 Å². The van der Waals surface area contributed by atoms with Gasteiger partial charge in [0.2, 0.25) is 23.6 Å². The Morgan fingerprint density at radius 3 is 1.05 bits per heavy atom. The minimum atomic E-state index is -0.668. The highest BCUT2D eigenvalue weighted by atomic mass is 32.2. The summed E-state index contributed by atoms with van der Waals surface area (Å²) in [5.41, 5.74) is 3.44. The van der Waals surface area contributed by atoms with Crippen LogP contribution in [0.1, 0.15) is 69.2 Å². The van der Waals surface area contributed by atoms with Crippen LogP contribution in [-0.2, 0) is 42.2 Å². The summed E-state index contributed by atoms with van der Waals surface area (Å²) >= 11 is 6.68. The fourth-order valence-electron chi connectivity index (χ4n) is 6.03. The molecule has 2 atom stereocenters. The quantitative estimate of drug-likeness (QED) is 0.0418. The van der Waals surface area contributed by atoms with Gasteiger partial charge in [0.25, 0.3) is 0 Å². The molecule has 0 aliphatic carbocycles. The van der Waals surface area contributed by atoms with Crippen molar-refractivity contribution in [3.8, 4) is 0 Å². The smallest absolute Gasteiger partial charge is 0.243 e. The molecule has 0 heterocycles. The lowest BCUT2D eigenvalue weighted by molar-refractivity contribution is -0.132. The van der Waals surface area contributed by atoms with E-state index < -0.39 is 22.9 Å². The van der Waals surface area contributed by atoms with Crippen LogP contribution in [-0.4, -0.2) is 71.8 Å². The first-order valence-corrected chi connectivity index (χ1v) is 25.7. The van der Waals surface area contributed by atoms with Gasteiger partial charge in [-0.3, -0.25) is 19.2 Å². The first-order valence-electron chi connectivity index (χ1n) is 21.1. The average molecular weight is 901 g/mol. The number of benzene rings is 4. The van der Waals surface area contributed by atoms with E-state index in [0.717, 1.165) is 42.3 Å². The molecule has 0 aromatic heterocycles. The van der Waals surface area contributed by atoms with Gasteiger partial charge in [0, 0.05) is 59.1 Å². The summed E-state index contributed by atoms with van der Waals surface area (Å²) in [4.78, 5) is 54.1. The number of rotatable bonds is 28. The van der Waals surface area contributed by atoms with E-state index in [2.05, 4.69) is 69.8 Å². The summed E-state index contributed by atoms with van der Waals surface area (Å²) in [7, 11) is 0. The maximum absolute atomic E-state index is 13.6. The second kappa shape index (κ2) is 27.3. The Bertz CT molecular complexity index is 1750. The fourth-order valence-corrected chi connectivity index (χ4v) is 10.4. The maximum Gasteiger partial charge on any atom is 0.243 e. The third-order valence-electron chi connectivity index (χ3n) is 9.87. The minimum Gasteiger partial charge on any atom is -0.354 e. The maximum atomic E-state index is 13.6. The number of amides is 4. The highest BCUT2D eigenvalue weighted by molar-refractivity contribution is 7.99. The second-order valence-corrected chi connectivity index (χ2v) is 20.5. The molecule has 0 saturated carbocycles. The van der Waals surface area contributed by atoms with Crippen LogP contribution < -0.4 is 21.3 Å².